The van der Waals surface area contributed by atoms with Gasteiger partial charge in [-0.1, -0.05) is 13.0 Å². The van der Waals surface area contributed by atoms with Crippen molar-refractivity contribution in [2.24, 2.45) is 0 Å². The van der Waals surface area contributed by atoms with Gasteiger partial charge in [-0.25, -0.2) is 0 Å². The van der Waals surface area contributed by atoms with Crippen LogP contribution in [0.25, 0.3) is 0 Å². The van der Waals surface area contributed by atoms with Crippen molar-refractivity contribution in [2.75, 3.05) is 26.7 Å². The first kappa shape index (κ1) is 14.9. The van der Waals surface area contributed by atoms with Gasteiger partial charge in [0.25, 0.3) is 0 Å². The summed E-state index contributed by atoms with van der Waals surface area (Å²) in [5, 5.41) is 3.53. The number of aryl methyl sites for hydroxylation is 1. The maximum atomic E-state index is 5.40. The van der Waals surface area contributed by atoms with Gasteiger partial charge in [0.1, 0.15) is 5.75 Å². The zero-order chi connectivity index (χ0) is 14.7. The van der Waals surface area contributed by atoms with Crippen LogP contribution < -0.4 is 10.1 Å². The van der Waals surface area contributed by atoms with E-state index in [9.17, 15) is 0 Å². The third-order valence-corrected chi connectivity index (χ3v) is 5.07. The summed E-state index contributed by atoms with van der Waals surface area (Å²) in [6.07, 6.45) is 6.25. The van der Waals surface area contributed by atoms with E-state index in [1.807, 2.05) is 0 Å². The molecule has 1 aromatic rings. The monoisotopic (exact) mass is 288 g/mol. The highest BCUT2D eigenvalue weighted by molar-refractivity contribution is 5.38. The molecule has 1 fully saturated rings. The molecule has 1 N–H and O–H groups in total. The maximum Gasteiger partial charge on any atom is 0.119 e. The Hall–Kier alpha value is -1.06. The second-order valence-corrected chi connectivity index (χ2v) is 6.42. The molecule has 2 unspecified atom stereocenters. The van der Waals surface area contributed by atoms with Crippen molar-refractivity contribution >= 4 is 0 Å². The van der Waals surface area contributed by atoms with Crippen LogP contribution in [0, 0.1) is 0 Å². The fourth-order valence-corrected chi connectivity index (χ4v) is 3.97. The van der Waals surface area contributed by atoms with Gasteiger partial charge in [-0.3, -0.25) is 4.90 Å². The minimum absolute atomic E-state index is 0.703. The molecule has 3 heteroatoms. The summed E-state index contributed by atoms with van der Waals surface area (Å²) in [4.78, 5) is 2.78. The molecule has 0 radical (unpaired) electrons. The lowest BCUT2D eigenvalue weighted by atomic mass is 9.86. The van der Waals surface area contributed by atoms with Crippen LogP contribution in [0.4, 0.5) is 0 Å². The summed E-state index contributed by atoms with van der Waals surface area (Å²) in [5.41, 5.74) is 3.02. The number of hydrogen-bond acceptors (Lipinski definition) is 3. The normalized spacial score (nSPS) is 25.1. The van der Waals surface area contributed by atoms with Crippen LogP contribution in [0.3, 0.4) is 0 Å². The van der Waals surface area contributed by atoms with Gasteiger partial charge in [-0.05, 0) is 68.5 Å². The molecule has 2 aliphatic rings. The lowest BCUT2D eigenvalue weighted by Gasteiger charge is -2.39. The number of nitrogens with zero attached hydrogens (tertiary/aromatic N) is 1. The van der Waals surface area contributed by atoms with Crippen LogP contribution >= 0.6 is 0 Å². The number of hydrogen-bond donors (Lipinski definition) is 1. The van der Waals surface area contributed by atoms with Crippen molar-refractivity contribution in [1.82, 2.24) is 10.2 Å². The first-order valence-corrected chi connectivity index (χ1v) is 8.44. The van der Waals surface area contributed by atoms with Gasteiger partial charge in [0.05, 0.1) is 7.11 Å². The molecule has 1 saturated heterocycles. The minimum atomic E-state index is 0.703. The van der Waals surface area contributed by atoms with E-state index >= 15 is 0 Å². The summed E-state index contributed by atoms with van der Waals surface area (Å²) in [6, 6.07) is 8.05. The summed E-state index contributed by atoms with van der Waals surface area (Å²) in [6.45, 7) is 5.88. The molecule has 0 bridgehead atoms. The second-order valence-electron chi connectivity index (χ2n) is 6.42. The molecule has 1 aromatic carbocycles. The van der Waals surface area contributed by atoms with Gasteiger partial charge in [-0.2, -0.15) is 0 Å². The number of benzene rings is 1. The maximum absolute atomic E-state index is 5.40. The van der Waals surface area contributed by atoms with Gasteiger partial charge in [0, 0.05) is 18.6 Å². The van der Waals surface area contributed by atoms with Gasteiger partial charge in [0.2, 0.25) is 0 Å². The molecule has 0 aromatic heterocycles. The van der Waals surface area contributed by atoms with Crippen LogP contribution in [-0.4, -0.2) is 43.7 Å². The highest BCUT2D eigenvalue weighted by Gasteiger charge is 2.30. The number of fused-ring (bicyclic) bond motifs is 1. The smallest absolute Gasteiger partial charge is 0.119 e. The summed E-state index contributed by atoms with van der Waals surface area (Å²) in [5.74, 6) is 0.999. The predicted octanol–water partition coefficient (Wildman–Crippen LogP) is 2.63. The Morgan fingerprint density at radius 2 is 2.14 bits per heavy atom. The van der Waals surface area contributed by atoms with Gasteiger partial charge >= 0.3 is 0 Å². The van der Waals surface area contributed by atoms with Crippen LogP contribution in [0.2, 0.25) is 0 Å². The third kappa shape index (κ3) is 3.24. The van der Waals surface area contributed by atoms with E-state index < -0.39 is 0 Å². The first-order valence-electron chi connectivity index (χ1n) is 8.44. The number of ether oxygens (including phenoxy) is 1. The van der Waals surface area contributed by atoms with E-state index in [-0.39, 0.29) is 0 Å². The van der Waals surface area contributed by atoms with E-state index in [2.05, 4.69) is 35.3 Å². The Bertz CT molecular complexity index is 468. The Labute approximate surface area is 128 Å². The quantitative estimate of drug-likeness (QED) is 0.901. The number of methoxy groups -OCH3 is 1. The predicted molar refractivity (Wildman–Crippen MR) is 87.1 cm³/mol. The fraction of sp³-hybridized carbons (Fsp3) is 0.667. The Morgan fingerprint density at radius 1 is 1.24 bits per heavy atom. The largest absolute Gasteiger partial charge is 0.497 e. The summed E-state index contributed by atoms with van der Waals surface area (Å²) in [7, 11) is 1.76. The molecule has 1 aliphatic heterocycles. The SMILES string of the molecule is CCCN(C1CCNC1)C1CCc2ccc(OC)cc2C1. The molecule has 2 atom stereocenters. The van der Waals surface area contributed by atoms with Gasteiger partial charge in [0.15, 0.2) is 0 Å². The fourth-order valence-electron chi connectivity index (χ4n) is 3.97. The van der Waals surface area contributed by atoms with E-state index in [0.29, 0.717) is 6.04 Å². The van der Waals surface area contributed by atoms with Crippen LogP contribution in [0.5, 0.6) is 5.75 Å². The molecule has 21 heavy (non-hydrogen) atoms. The molecule has 0 spiro atoms. The van der Waals surface area contributed by atoms with E-state index in [0.717, 1.165) is 11.8 Å². The topological polar surface area (TPSA) is 24.5 Å². The highest BCUT2D eigenvalue weighted by Crippen LogP contribution is 2.29. The zero-order valence-corrected chi connectivity index (χ0v) is 13.4. The zero-order valence-electron chi connectivity index (χ0n) is 13.4. The van der Waals surface area contributed by atoms with Gasteiger partial charge in [-0.15, -0.1) is 0 Å². The average molecular weight is 288 g/mol. The first-order chi connectivity index (χ1) is 10.3. The van der Waals surface area contributed by atoms with Gasteiger partial charge < -0.3 is 10.1 Å². The van der Waals surface area contributed by atoms with Crippen molar-refractivity contribution < 1.29 is 4.74 Å². The third-order valence-electron chi connectivity index (χ3n) is 5.07. The van der Waals surface area contributed by atoms with Crippen molar-refractivity contribution in [3.63, 3.8) is 0 Å². The molecule has 3 nitrogen and oxygen atoms in total. The molecule has 1 heterocycles. The Morgan fingerprint density at radius 3 is 2.86 bits per heavy atom. The van der Waals surface area contributed by atoms with Crippen molar-refractivity contribution in [2.45, 2.75) is 51.1 Å². The summed E-state index contributed by atoms with van der Waals surface area (Å²) < 4.78 is 5.40. The van der Waals surface area contributed by atoms with Crippen molar-refractivity contribution in [3.8, 4) is 5.75 Å². The van der Waals surface area contributed by atoms with Crippen molar-refractivity contribution in [1.29, 1.82) is 0 Å². The van der Waals surface area contributed by atoms with Crippen LogP contribution in [-0.2, 0) is 12.8 Å². The van der Waals surface area contributed by atoms with E-state index in [1.54, 1.807) is 7.11 Å². The molecule has 1 aliphatic carbocycles. The Kier molecular flexibility index (Phi) is 4.81. The molecule has 0 amide bonds. The van der Waals surface area contributed by atoms with Crippen molar-refractivity contribution in [3.05, 3.63) is 29.3 Å². The average Bonchev–Trinajstić information content (AvgIpc) is 3.05. The van der Waals surface area contributed by atoms with E-state index in [1.165, 1.54) is 62.9 Å². The summed E-state index contributed by atoms with van der Waals surface area (Å²) >= 11 is 0. The lowest BCUT2D eigenvalue weighted by Crippen LogP contribution is -2.47. The second kappa shape index (κ2) is 6.80. The molecular weight excluding hydrogens is 260 g/mol. The molecule has 0 saturated carbocycles. The van der Waals surface area contributed by atoms with Crippen LogP contribution in [0.15, 0.2) is 18.2 Å². The molecular formula is C18H28N2O. The molecule has 116 valence electrons. The van der Waals surface area contributed by atoms with Crippen LogP contribution in [0.1, 0.15) is 37.3 Å². The molecule has 3 rings (SSSR count). The Balaban J connectivity index is 1.76. The standard InChI is InChI=1S/C18H28N2O/c1-3-10-20(17-8-9-19-13-17)16-6-4-14-5-7-18(21-2)12-15(14)11-16/h5,7,12,16-17,19H,3-4,6,8-11,13H2,1-2H3. The van der Waals surface area contributed by atoms with E-state index in [4.69, 9.17) is 4.74 Å². The highest BCUT2D eigenvalue weighted by atomic mass is 16.5. The lowest BCUT2D eigenvalue weighted by molar-refractivity contribution is 0.130. The number of nitrogens with one attached hydrogen (secondary N) is 1. The minimum Gasteiger partial charge on any atom is -0.497 e. The number of rotatable bonds is 5.